The summed E-state index contributed by atoms with van der Waals surface area (Å²) in [6, 6.07) is 7.40. The third-order valence-corrected chi connectivity index (χ3v) is 5.69. The van der Waals surface area contributed by atoms with Crippen LogP contribution in [0.3, 0.4) is 0 Å². The lowest BCUT2D eigenvalue weighted by Crippen LogP contribution is -2.38. The summed E-state index contributed by atoms with van der Waals surface area (Å²) in [6.07, 6.45) is 2.95. The molecule has 2 aromatic rings. The Morgan fingerprint density at radius 2 is 2.00 bits per heavy atom. The number of nitrogens with two attached hydrogens (primary N) is 1. The minimum Gasteiger partial charge on any atom is -0.397 e. The minimum atomic E-state index is -3.14. The Labute approximate surface area is 119 Å². The molecule has 0 fully saturated rings. The molecule has 0 amide bonds. The lowest BCUT2D eigenvalue weighted by Gasteiger charge is -2.24. The van der Waals surface area contributed by atoms with E-state index in [1.165, 1.54) is 6.26 Å². The maximum atomic E-state index is 11.7. The molecule has 108 valence electrons. The SMILES string of the molecule is CC(C)(CNc1ccc2ncccc2c1N)S(C)(=O)=O. The molecule has 0 aliphatic carbocycles. The van der Waals surface area contributed by atoms with Crippen molar-refractivity contribution in [3.05, 3.63) is 30.5 Å². The summed E-state index contributed by atoms with van der Waals surface area (Å²) in [6.45, 7) is 3.67. The van der Waals surface area contributed by atoms with Gasteiger partial charge in [0.15, 0.2) is 9.84 Å². The van der Waals surface area contributed by atoms with E-state index in [2.05, 4.69) is 10.3 Å². The number of hydrogen-bond donors (Lipinski definition) is 2. The zero-order chi connectivity index (χ0) is 15.0. The van der Waals surface area contributed by atoms with Gasteiger partial charge in [0, 0.05) is 24.4 Å². The van der Waals surface area contributed by atoms with Crippen molar-refractivity contribution in [3.8, 4) is 0 Å². The van der Waals surface area contributed by atoms with Gasteiger partial charge in [0.1, 0.15) is 0 Å². The zero-order valence-corrected chi connectivity index (χ0v) is 12.7. The van der Waals surface area contributed by atoms with Crippen molar-refractivity contribution in [1.29, 1.82) is 0 Å². The first-order valence-electron chi connectivity index (χ1n) is 6.29. The van der Waals surface area contributed by atoms with E-state index in [1.807, 2.05) is 24.3 Å². The number of nitrogens with zero attached hydrogens (tertiary/aromatic N) is 1. The maximum Gasteiger partial charge on any atom is 0.154 e. The first-order chi connectivity index (χ1) is 9.22. The fraction of sp³-hybridized carbons (Fsp3) is 0.357. The van der Waals surface area contributed by atoms with Gasteiger partial charge in [-0.2, -0.15) is 0 Å². The van der Waals surface area contributed by atoms with Crippen molar-refractivity contribution in [3.63, 3.8) is 0 Å². The first-order valence-corrected chi connectivity index (χ1v) is 8.18. The number of benzene rings is 1. The van der Waals surface area contributed by atoms with Crippen molar-refractivity contribution in [1.82, 2.24) is 4.98 Å². The standard InChI is InChI=1S/C14H19N3O2S/c1-14(2,20(3,18)19)9-17-12-7-6-11-10(13(12)15)5-4-8-16-11/h4-8,17H,9,15H2,1-3H3. The van der Waals surface area contributed by atoms with Crippen molar-refractivity contribution in [2.45, 2.75) is 18.6 Å². The van der Waals surface area contributed by atoms with Gasteiger partial charge in [-0.15, -0.1) is 0 Å². The quantitative estimate of drug-likeness (QED) is 0.843. The summed E-state index contributed by atoms with van der Waals surface area (Å²) < 4.78 is 22.5. The molecule has 20 heavy (non-hydrogen) atoms. The van der Waals surface area contributed by atoms with Gasteiger partial charge >= 0.3 is 0 Å². The number of hydrogen-bond acceptors (Lipinski definition) is 5. The average Bonchev–Trinajstić information content (AvgIpc) is 2.37. The molecular formula is C14H19N3O2S. The number of sulfone groups is 1. The summed E-state index contributed by atoms with van der Waals surface area (Å²) in [4.78, 5) is 4.23. The second-order valence-electron chi connectivity index (χ2n) is 5.48. The molecule has 1 heterocycles. The second-order valence-corrected chi connectivity index (χ2v) is 8.13. The Kier molecular flexibility index (Phi) is 3.60. The van der Waals surface area contributed by atoms with Crippen LogP contribution < -0.4 is 11.1 Å². The van der Waals surface area contributed by atoms with Crippen LogP contribution in [0.5, 0.6) is 0 Å². The highest BCUT2D eigenvalue weighted by atomic mass is 32.2. The summed E-state index contributed by atoms with van der Waals surface area (Å²) in [5.74, 6) is 0. The molecule has 6 heteroatoms. The number of nitrogen functional groups attached to an aromatic ring is 1. The molecule has 0 radical (unpaired) electrons. The van der Waals surface area contributed by atoms with Gasteiger partial charge in [-0.3, -0.25) is 4.98 Å². The van der Waals surface area contributed by atoms with Gasteiger partial charge in [-0.05, 0) is 38.1 Å². The van der Waals surface area contributed by atoms with Crippen LogP contribution in [-0.4, -0.2) is 30.9 Å². The van der Waals surface area contributed by atoms with Crippen molar-refractivity contribution in [2.24, 2.45) is 0 Å². The number of rotatable bonds is 4. The lowest BCUT2D eigenvalue weighted by molar-refractivity contribution is 0.560. The third kappa shape index (κ3) is 2.70. The van der Waals surface area contributed by atoms with E-state index in [1.54, 1.807) is 20.0 Å². The van der Waals surface area contributed by atoms with Gasteiger partial charge in [-0.1, -0.05) is 0 Å². The lowest BCUT2D eigenvalue weighted by atomic mass is 10.1. The van der Waals surface area contributed by atoms with E-state index in [4.69, 9.17) is 5.73 Å². The summed E-state index contributed by atoms with van der Waals surface area (Å²) >= 11 is 0. The summed E-state index contributed by atoms with van der Waals surface area (Å²) in [5.41, 5.74) is 8.23. The van der Waals surface area contributed by atoms with Gasteiger partial charge < -0.3 is 11.1 Å². The van der Waals surface area contributed by atoms with Crippen LogP contribution >= 0.6 is 0 Å². The van der Waals surface area contributed by atoms with Crippen molar-refractivity contribution < 1.29 is 8.42 Å². The van der Waals surface area contributed by atoms with Crippen LogP contribution in [0, 0.1) is 0 Å². The Morgan fingerprint density at radius 1 is 1.30 bits per heavy atom. The molecular weight excluding hydrogens is 274 g/mol. The third-order valence-electron chi connectivity index (χ3n) is 3.54. The summed E-state index contributed by atoms with van der Waals surface area (Å²) in [5, 5.41) is 3.98. The molecule has 1 aromatic heterocycles. The van der Waals surface area contributed by atoms with Crippen molar-refractivity contribution in [2.75, 3.05) is 23.9 Å². The van der Waals surface area contributed by atoms with Gasteiger partial charge in [0.25, 0.3) is 0 Å². The van der Waals surface area contributed by atoms with E-state index in [9.17, 15) is 8.42 Å². The minimum absolute atomic E-state index is 0.293. The van der Waals surface area contributed by atoms with Crippen LogP contribution in [0.2, 0.25) is 0 Å². The molecule has 0 aliphatic heterocycles. The van der Waals surface area contributed by atoms with E-state index < -0.39 is 14.6 Å². The number of anilines is 2. The van der Waals surface area contributed by atoms with Gasteiger partial charge in [0.05, 0.1) is 21.6 Å². The number of aromatic nitrogens is 1. The smallest absolute Gasteiger partial charge is 0.154 e. The van der Waals surface area contributed by atoms with E-state index in [0.717, 1.165) is 16.6 Å². The van der Waals surface area contributed by atoms with Crippen LogP contribution in [0.1, 0.15) is 13.8 Å². The Bertz CT molecular complexity index is 739. The molecule has 0 atom stereocenters. The topological polar surface area (TPSA) is 85.1 Å². The molecule has 0 unspecified atom stereocenters. The first kappa shape index (κ1) is 14.6. The predicted molar refractivity (Wildman–Crippen MR) is 83.6 cm³/mol. The maximum absolute atomic E-state index is 11.7. The fourth-order valence-electron chi connectivity index (χ4n) is 1.77. The van der Waals surface area contributed by atoms with Gasteiger partial charge in [-0.25, -0.2) is 8.42 Å². The highest BCUT2D eigenvalue weighted by Gasteiger charge is 2.30. The number of nitrogens with one attached hydrogen (secondary N) is 1. The number of pyridine rings is 1. The normalized spacial score (nSPS) is 12.6. The molecule has 0 saturated heterocycles. The molecule has 5 nitrogen and oxygen atoms in total. The van der Waals surface area contributed by atoms with Crippen LogP contribution in [-0.2, 0) is 9.84 Å². The summed E-state index contributed by atoms with van der Waals surface area (Å²) in [7, 11) is -3.14. The molecule has 0 aliphatic rings. The Hall–Kier alpha value is -1.82. The van der Waals surface area contributed by atoms with Gasteiger partial charge in [0.2, 0.25) is 0 Å². The Morgan fingerprint density at radius 3 is 2.65 bits per heavy atom. The van der Waals surface area contributed by atoms with Crippen LogP contribution in [0.15, 0.2) is 30.5 Å². The molecule has 2 rings (SSSR count). The highest BCUT2D eigenvalue weighted by Crippen LogP contribution is 2.28. The molecule has 1 aromatic carbocycles. The predicted octanol–water partition coefficient (Wildman–Crippen LogP) is 2.05. The van der Waals surface area contributed by atoms with E-state index >= 15 is 0 Å². The van der Waals surface area contributed by atoms with Crippen LogP contribution in [0.4, 0.5) is 11.4 Å². The van der Waals surface area contributed by atoms with Crippen molar-refractivity contribution >= 4 is 32.1 Å². The zero-order valence-electron chi connectivity index (χ0n) is 11.8. The second kappa shape index (κ2) is 4.94. The Balaban J connectivity index is 2.30. The number of fused-ring (bicyclic) bond motifs is 1. The van der Waals surface area contributed by atoms with E-state index in [0.29, 0.717) is 12.2 Å². The van der Waals surface area contributed by atoms with E-state index in [-0.39, 0.29) is 0 Å². The average molecular weight is 293 g/mol. The molecule has 3 N–H and O–H groups in total. The molecule has 0 spiro atoms. The van der Waals surface area contributed by atoms with Crippen LogP contribution in [0.25, 0.3) is 10.9 Å². The molecule has 0 bridgehead atoms. The monoisotopic (exact) mass is 293 g/mol. The largest absolute Gasteiger partial charge is 0.397 e. The molecule has 0 saturated carbocycles. The fourth-order valence-corrected chi connectivity index (χ4v) is 2.10. The highest BCUT2D eigenvalue weighted by molar-refractivity contribution is 7.92.